The zero-order valence-corrected chi connectivity index (χ0v) is 8.25. The second kappa shape index (κ2) is 4.72. The number of methoxy groups -OCH3 is 1. The van der Waals surface area contributed by atoms with Gasteiger partial charge in [0.2, 0.25) is 0 Å². The molecule has 0 saturated carbocycles. The summed E-state index contributed by atoms with van der Waals surface area (Å²) in [6, 6.07) is 4.30. The lowest BCUT2D eigenvalue weighted by molar-refractivity contribution is -0.142. The zero-order chi connectivity index (χ0) is 10.6. The van der Waals surface area contributed by atoms with Crippen LogP contribution in [0.15, 0.2) is 18.2 Å². The highest BCUT2D eigenvalue weighted by Crippen LogP contribution is 2.27. The van der Waals surface area contributed by atoms with Crippen molar-refractivity contribution in [2.75, 3.05) is 13.7 Å². The Morgan fingerprint density at radius 1 is 1.57 bits per heavy atom. The van der Waals surface area contributed by atoms with Crippen molar-refractivity contribution in [1.82, 2.24) is 0 Å². The normalized spacial score (nSPS) is 9.57. The van der Waals surface area contributed by atoms with Gasteiger partial charge in [-0.25, -0.2) is 4.79 Å². The van der Waals surface area contributed by atoms with Gasteiger partial charge in [0.1, 0.15) is 11.5 Å². The molecule has 0 spiro atoms. The molecule has 0 amide bonds. The Labute approximate surface area is 86.0 Å². The van der Waals surface area contributed by atoms with Gasteiger partial charge in [-0.15, -0.1) is 0 Å². The SMILES string of the molecule is COC(=O)COc1ccc(O)c(Cl)c1. The van der Waals surface area contributed by atoms with Crippen LogP contribution in [-0.2, 0) is 9.53 Å². The van der Waals surface area contributed by atoms with E-state index < -0.39 is 5.97 Å². The predicted molar refractivity (Wildman–Crippen MR) is 50.6 cm³/mol. The highest BCUT2D eigenvalue weighted by molar-refractivity contribution is 6.32. The fourth-order valence-electron chi connectivity index (χ4n) is 0.779. The van der Waals surface area contributed by atoms with Gasteiger partial charge in [-0.2, -0.15) is 0 Å². The van der Waals surface area contributed by atoms with E-state index in [1.54, 1.807) is 0 Å². The number of phenolic OH excluding ortho intramolecular Hbond substituents is 1. The van der Waals surface area contributed by atoms with Crippen LogP contribution in [0.1, 0.15) is 0 Å². The molecule has 0 aromatic heterocycles. The molecule has 0 unspecified atom stereocenters. The van der Waals surface area contributed by atoms with Crippen molar-refractivity contribution in [2.45, 2.75) is 0 Å². The van der Waals surface area contributed by atoms with Gasteiger partial charge >= 0.3 is 5.97 Å². The van der Waals surface area contributed by atoms with Crippen molar-refractivity contribution in [2.24, 2.45) is 0 Å². The Morgan fingerprint density at radius 3 is 2.86 bits per heavy atom. The standard InChI is InChI=1S/C9H9ClO4/c1-13-9(12)5-14-6-2-3-8(11)7(10)4-6/h2-4,11H,5H2,1H3. The topological polar surface area (TPSA) is 55.8 Å². The third-order valence-corrected chi connectivity index (χ3v) is 1.81. The van der Waals surface area contributed by atoms with Crippen molar-refractivity contribution in [3.63, 3.8) is 0 Å². The monoisotopic (exact) mass is 216 g/mol. The second-order valence-corrected chi connectivity index (χ2v) is 2.89. The summed E-state index contributed by atoms with van der Waals surface area (Å²) in [7, 11) is 1.27. The summed E-state index contributed by atoms with van der Waals surface area (Å²) >= 11 is 5.62. The molecule has 1 aromatic carbocycles. The summed E-state index contributed by atoms with van der Waals surface area (Å²) in [6.45, 7) is -0.183. The number of esters is 1. The lowest BCUT2D eigenvalue weighted by Gasteiger charge is -2.05. The number of aromatic hydroxyl groups is 1. The molecule has 0 aliphatic carbocycles. The smallest absolute Gasteiger partial charge is 0.343 e. The number of hydrogen-bond donors (Lipinski definition) is 1. The van der Waals surface area contributed by atoms with Crippen molar-refractivity contribution in [1.29, 1.82) is 0 Å². The molecule has 0 radical (unpaired) electrons. The minimum absolute atomic E-state index is 0.0305. The minimum atomic E-state index is -0.478. The molecule has 1 rings (SSSR count). The lowest BCUT2D eigenvalue weighted by atomic mass is 10.3. The van der Waals surface area contributed by atoms with Crippen molar-refractivity contribution in [3.05, 3.63) is 23.2 Å². The minimum Gasteiger partial charge on any atom is -0.506 e. The van der Waals surface area contributed by atoms with Gasteiger partial charge in [0.25, 0.3) is 0 Å². The average molecular weight is 217 g/mol. The van der Waals surface area contributed by atoms with Gasteiger partial charge in [-0.3, -0.25) is 0 Å². The maximum absolute atomic E-state index is 10.7. The quantitative estimate of drug-likeness (QED) is 0.780. The maximum atomic E-state index is 10.7. The first-order chi connectivity index (χ1) is 6.63. The van der Waals surface area contributed by atoms with Crippen LogP contribution in [0.4, 0.5) is 0 Å². The third kappa shape index (κ3) is 2.81. The van der Waals surface area contributed by atoms with Crippen LogP contribution in [0.25, 0.3) is 0 Å². The molecule has 4 nitrogen and oxygen atoms in total. The highest BCUT2D eigenvalue weighted by Gasteiger charge is 2.04. The molecule has 0 bridgehead atoms. The van der Waals surface area contributed by atoms with Crippen molar-refractivity contribution < 1.29 is 19.4 Å². The fourth-order valence-corrected chi connectivity index (χ4v) is 0.949. The molecule has 0 atom stereocenters. The van der Waals surface area contributed by atoms with E-state index in [1.165, 1.54) is 25.3 Å². The van der Waals surface area contributed by atoms with E-state index in [0.29, 0.717) is 5.75 Å². The second-order valence-electron chi connectivity index (χ2n) is 2.48. The molecule has 0 aliphatic rings. The molecule has 5 heteroatoms. The summed E-state index contributed by atoms with van der Waals surface area (Å²) in [6.07, 6.45) is 0. The van der Waals surface area contributed by atoms with Gasteiger partial charge in [0.05, 0.1) is 12.1 Å². The summed E-state index contributed by atoms with van der Waals surface area (Å²) in [4.78, 5) is 10.7. The van der Waals surface area contributed by atoms with Gasteiger partial charge in [0, 0.05) is 6.07 Å². The first-order valence-electron chi connectivity index (χ1n) is 3.81. The molecular formula is C9H9ClO4. The molecule has 0 aliphatic heterocycles. The van der Waals surface area contributed by atoms with Crippen LogP contribution in [0.2, 0.25) is 5.02 Å². The molecule has 76 valence electrons. The van der Waals surface area contributed by atoms with E-state index >= 15 is 0 Å². The Bertz CT molecular complexity index is 338. The fraction of sp³-hybridized carbons (Fsp3) is 0.222. The van der Waals surface area contributed by atoms with Crippen LogP contribution in [0, 0.1) is 0 Å². The van der Waals surface area contributed by atoms with Crippen molar-refractivity contribution in [3.8, 4) is 11.5 Å². The van der Waals surface area contributed by atoms with E-state index in [0.717, 1.165) is 0 Å². The molecule has 1 aromatic rings. The average Bonchev–Trinajstić information content (AvgIpc) is 2.19. The number of hydrogen-bond acceptors (Lipinski definition) is 4. The number of rotatable bonds is 3. The van der Waals surface area contributed by atoms with E-state index in [2.05, 4.69) is 4.74 Å². The van der Waals surface area contributed by atoms with E-state index in [1.807, 2.05) is 0 Å². The number of benzene rings is 1. The van der Waals surface area contributed by atoms with Crippen LogP contribution >= 0.6 is 11.6 Å². The van der Waals surface area contributed by atoms with Crippen molar-refractivity contribution >= 4 is 17.6 Å². The van der Waals surface area contributed by atoms with Gasteiger partial charge in [-0.05, 0) is 12.1 Å². The Balaban J connectivity index is 2.60. The lowest BCUT2D eigenvalue weighted by Crippen LogP contribution is -2.12. The Morgan fingerprint density at radius 2 is 2.29 bits per heavy atom. The highest BCUT2D eigenvalue weighted by atomic mass is 35.5. The summed E-state index contributed by atoms with van der Waals surface area (Å²) in [5, 5.41) is 9.26. The molecule has 14 heavy (non-hydrogen) atoms. The van der Waals surface area contributed by atoms with Crippen LogP contribution in [-0.4, -0.2) is 24.8 Å². The van der Waals surface area contributed by atoms with Gasteiger partial charge in [-0.1, -0.05) is 11.6 Å². The molecule has 0 heterocycles. The molecule has 1 N–H and O–H groups in total. The maximum Gasteiger partial charge on any atom is 0.343 e. The van der Waals surface area contributed by atoms with Crippen LogP contribution in [0.3, 0.4) is 0 Å². The summed E-state index contributed by atoms with van der Waals surface area (Å²) in [5.41, 5.74) is 0. The number of ether oxygens (including phenoxy) is 2. The number of carbonyl (C=O) groups excluding carboxylic acids is 1. The molecular weight excluding hydrogens is 208 g/mol. The van der Waals surface area contributed by atoms with Gasteiger partial charge in [0.15, 0.2) is 6.61 Å². The molecule has 0 fully saturated rings. The number of carbonyl (C=O) groups is 1. The van der Waals surface area contributed by atoms with E-state index in [4.69, 9.17) is 21.4 Å². The Kier molecular flexibility index (Phi) is 3.59. The number of halogens is 1. The van der Waals surface area contributed by atoms with Crippen LogP contribution < -0.4 is 4.74 Å². The summed E-state index contributed by atoms with van der Waals surface area (Å²) < 4.78 is 9.40. The zero-order valence-electron chi connectivity index (χ0n) is 7.49. The third-order valence-electron chi connectivity index (χ3n) is 1.50. The predicted octanol–water partition coefficient (Wildman–Crippen LogP) is 1.60. The first kappa shape index (κ1) is 10.7. The van der Waals surface area contributed by atoms with Gasteiger partial charge < -0.3 is 14.6 Å². The largest absolute Gasteiger partial charge is 0.506 e. The van der Waals surface area contributed by atoms with E-state index in [-0.39, 0.29) is 17.4 Å². The number of phenols is 1. The summed E-state index contributed by atoms with van der Waals surface area (Å²) in [5.74, 6) is -0.107. The molecule has 0 saturated heterocycles. The van der Waals surface area contributed by atoms with Crippen LogP contribution in [0.5, 0.6) is 11.5 Å². The Hall–Kier alpha value is -1.42. The van der Waals surface area contributed by atoms with E-state index in [9.17, 15) is 4.79 Å². The first-order valence-corrected chi connectivity index (χ1v) is 4.19.